The Hall–Kier alpha value is -8.70. The number of hydrogen-bond donors (Lipinski definition) is 0. The minimum atomic E-state index is -4.21. The molecule has 8 aromatic rings. The predicted octanol–water partition coefficient (Wildman–Crippen LogP) is 3.48. The smallest absolute Gasteiger partial charge is 0.612 e. The molecule has 4 aromatic heterocycles. The van der Waals surface area contributed by atoms with Gasteiger partial charge in [-0.2, -0.15) is 0 Å². The lowest BCUT2D eigenvalue weighted by Crippen LogP contribution is -2.83. The largest absolute Gasteiger partial charge is 0.694 e. The summed E-state index contributed by atoms with van der Waals surface area (Å²) in [6.07, 6.45) is 4.16. The van der Waals surface area contributed by atoms with Gasteiger partial charge in [0.15, 0.2) is 46.3 Å². The lowest BCUT2D eigenvalue weighted by Gasteiger charge is -2.33. The van der Waals surface area contributed by atoms with Crippen molar-refractivity contribution in [3.63, 3.8) is 0 Å². The van der Waals surface area contributed by atoms with E-state index in [1.807, 2.05) is 0 Å². The Labute approximate surface area is 393 Å². The highest BCUT2D eigenvalue weighted by atomic mass is 19.2. The van der Waals surface area contributed by atoms with Crippen LogP contribution in [0.2, 0.25) is 0 Å². The highest BCUT2D eigenvalue weighted by Crippen LogP contribution is 2.44. The zero-order chi connectivity index (χ0) is 50.0. The van der Waals surface area contributed by atoms with E-state index in [1.165, 1.54) is 0 Å². The summed E-state index contributed by atoms with van der Waals surface area (Å²) in [6, 6.07) is 11.9. The average Bonchev–Trinajstić information content (AvgIpc) is 4.14. The van der Waals surface area contributed by atoms with Crippen molar-refractivity contribution in [3.8, 4) is 46.5 Å². The van der Waals surface area contributed by atoms with Gasteiger partial charge in [0.05, 0.1) is 0 Å². The van der Waals surface area contributed by atoms with Crippen LogP contribution in [0.1, 0.15) is 0 Å². The van der Waals surface area contributed by atoms with Gasteiger partial charge in [0.1, 0.15) is 71.3 Å². The molecule has 360 valence electrons. The summed E-state index contributed by atoms with van der Waals surface area (Å²) in [6.45, 7) is -16.8. The number of fused-ring (bicyclic) bond motifs is 8. The quantitative estimate of drug-likeness (QED) is 0.151. The number of aromatic nitrogens is 4. The summed E-state index contributed by atoms with van der Waals surface area (Å²) in [7, 11) is 0. The van der Waals surface area contributed by atoms with Gasteiger partial charge >= 0.3 is 50.3 Å². The van der Waals surface area contributed by atoms with Gasteiger partial charge in [-0.1, -0.05) is 0 Å². The average molecular weight is 1000 g/mol. The van der Waals surface area contributed by atoms with Crippen molar-refractivity contribution >= 4 is 48.6 Å². The summed E-state index contributed by atoms with van der Waals surface area (Å²) in [5, 5.41) is 0. The van der Waals surface area contributed by atoms with E-state index in [2.05, 4.69) is 0 Å². The first-order valence-corrected chi connectivity index (χ1v) is 21.3. The molecule has 4 unspecified atom stereocenters. The molecule has 0 saturated carbocycles. The zero-order valence-corrected chi connectivity index (χ0v) is 35.4. The van der Waals surface area contributed by atoms with Crippen LogP contribution in [0, 0.1) is 69.8 Å². The van der Waals surface area contributed by atoms with Crippen LogP contribution >= 0.6 is 0 Å². The molecule has 0 spiro atoms. The lowest BCUT2D eigenvalue weighted by molar-refractivity contribution is -0.601. The summed E-state index contributed by atoms with van der Waals surface area (Å²) in [5.74, 6) is -25.0. The molecular weight excluding hydrogens is 984 g/mol. The summed E-state index contributed by atoms with van der Waals surface area (Å²) < 4.78 is 246. The van der Waals surface area contributed by atoms with Crippen LogP contribution in [0.3, 0.4) is 0 Å². The second-order valence-electron chi connectivity index (χ2n) is 17.1. The monoisotopic (exact) mass is 1000 g/mol. The van der Waals surface area contributed by atoms with Gasteiger partial charge < -0.3 is 55.1 Å². The fourth-order valence-electron chi connectivity index (χ4n) is 10.2. The van der Waals surface area contributed by atoms with Gasteiger partial charge in [-0.25, -0.2) is 52.7 Å². The SMILES string of the molecule is Fc1cc(F)c(F)c([B-]23Oc4ccc[n+](c4O2)[B-]2(c4cc(F)cc(F)c4F)Oc4ccc[n+](c4O2)[B-]2(c4cc(F)cc(F)c4F)Oc4ccc[n+](c4O2)[B-]2(c4cc(F)cc(F)c4F)Oc4ccc[n+]3c4O2)c1. The first-order chi connectivity index (χ1) is 34.5. The molecule has 0 aliphatic carbocycles. The minimum absolute atomic E-state index is 0.185. The van der Waals surface area contributed by atoms with E-state index in [0.717, 1.165) is 91.2 Å². The number of pyridine rings is 4. The zero-order valence-electron chi connectivity index (χ0n) is 35.4. The molecule has 0 fully saturated rings. The van der Waals surface area contributed by atoms with E-state index in [1.54, 1.807) is 0 Å². The number of rotatable bonds is 4. The van der Waals surface area contributed by atoms with E-state index < -0.39 is 165 Å². The molecule has 5 aliphatic rings. The van der Waals surface area contributed by atoms with E-state index in [4.69, 9.17) is 37.2 Å². The maximum atomic E-state index is 16.6. The van der Waals surface area contributed by atoms with Crippen LogP contribution in [-0.4, -0.2) is 26.7 Å². The first kappa shape index (κ1) is 43.3. The molecule has 8 bridgehead atoms. The van der Waals surface area contributed by atoms with Crippen LogP contribution < -0.4 is 77.0 Å². The maximum absolute atomic E-state index is 16.6. The Morgan fingerprint density at radius 1 is 0.278 bits per heavy atom. The van der Waals surface area contributed by atoms with Crippen molar-refractivity contribution in [2.45, 2.75) is 0 Å². The van der Waals surface area contributed by atoms with Crippen molar-refractivity contribution in [3.05, 3.63) is 192 Å². The van der Waals surface area contributed by atoms with Crippen molar-refractivity contribution in [2.75, 3.05) is 0 Å². The van der Waals surface area contributed by atoms with Crippen LogP contribution in [0.15, 0.2) is 122 Å². The van der Waals surface area contributed by atoms with E-state index in [-0.39, 0.29) is 24.3 Å². The molecule has 28 heteroatoms. The Kier molecular flexibility index (Phi) is 8.69. The highest BCUT2D eigenvalue weighted by Gasteiger charge is 2.69. The van der Waals surface area contributed by atoms with Gasteiger partial charge in [0.2, 0.25) is 0 Å². The van der Waals surface area contributed by atoms with E-state index in [0.29, 0.717) is 24.3 Å². The molecule has 0 N–H and O–H groups in total. The van der Waals surface area contributed by atoms with Crippen molar-refractivity contribution in [2.24, 2.45) is 0 Å². The molecule has 12 nitrogen and oxygen atoms in total. The van der Waals surface area contributed by atoms with Crippen molar-refractivity contribution in [1.29, 1.82) is 0 Å². The summed E-state index contributed by atoms with van der Waals surface area (Å²) in [5.41, 5.74) is -4.25. The lowest BCUT2D eigenvalue weighted by atomic mass is 9.61. The summed E-state index contributed by atoms with van der Waals surface area (Å²) >= 11 is 0. The van der Waals surface area contributed by atoms with Crippen molar-refractivity contribution in [1.82, 2.24) is 0 Å². The molecule has 0 saturated heterocycles. The summed E-state index contributed by atoms with van der Waals surface area (Å²) in [4.78, 5) is 0. The van der Waals surface area contributed by atoms with Gasteiger partial charge in [-0.3, -0.25) is 0 Å². The standard InChI is InChI=1S/C44H20B4F12N4O8/c49-21-13-25(37(57)29(53)17-21)45-61-9-1-5-33-41(61)69-46(65-33,26-14-22(50)18-30(54)38(26)58)62-10-3-7-35-43(62)71-48(67-35,28-16-24(52)20-32(56)40(28)60)64-12-4-8-36-44(64)72-47(68-36,27-15-23(51)19-31(55)39(27)59)63-11-2-6-34(66-45)42(63)70-45/h1-20H. The maximum Gasteiger partial charge on any atom is 0.694 e. The highest BCUT2D eigenvalue weighted by molar-refractivity contribution is 6.79. The first-order valence-electron chi connectivity index (χ1n) is 21.3. The van der Waals surface area contributed by atoms with Crippen molar-refractivity contribution < 1.29 is 108 Å². The Bertz CT molecular complexity index is 3320. The molecule has 9 heterocycles. The number of nitrogens with zero attached hydrogens (tertiary/aromatic N) is 4. The van der Waals surface area contributed by atoms with E-state index in [9.17, 15) is 0 Å². The van der Waals surface area contributed by atoms with Crippen LogP contribution in [0.5, 0.6) is 46.5 Å². The minimum Gasteiger partial charge on any atom is -0.612 e. The number of halogens is 12. The Morgan fingerprint density at radius 2 is 0.486 bits per heavy atom. The molecule has 4 atom stereocenters. The van der Waals surface area contributed by atoms with Gasteiger partial charge in [-0.15, -0.1) is 0 Å². The number of benzene rings is 4. The van der Waals surface area contributed by atoms with Crippen LogP contribution in [-0.2, 0) is 0 Å². The fraction of sp³-hybridized carbons (Fsp3) is 0. The topological polar surface area (TPSA) is 89.4 Å². The molecular formula is C44H20B4F12N4O8. The number of hydrogen-bond acceptors (Lipinski definition) is 8. The molecule has 5 aliphatic heterocycles. The van der Waals surface area contributed by atoms with Gasteiger partial charge in [-0.05, 0) is 48.5 Å². The Morgan fingerprint density at radius 3 is 0.694 bits per heavy atom. The van der Waals surface area contributed by atoms with E-state index >= 15 is 52.7 Å². The third-order valence-corrected chi connectivity index (χ3v) is 13.1. The normalized spacial score (nSPS) is 22.2. The van der Waals surface area contributed by atoms with Crippen LogP contribution in [0.4, 0.5) is 52.7 Å². The molecule has 13 rings (SSSR count). The predicted molar refractivity (Wildman–Crippen MR) is 220 cm³/mol. The molecule has 72 heavy (non-hydrogen) atoms. The van der Waals surface area contributed by atoms with Gasteiger partial charge in [0, 0.05) is 70.4 Å². The fourth-order valence-corrected chi connectivity index (χ4v) is 10.2. The third-order valence-electron chi connectivity index (χ3n) is 13.1. The Balaban J connectivity index is 1.19. The van der Waals surface area contributed by atoms with Gasteiger partial charge in [0.25, 0.3) is 0 Å². The molecule has 0 radical (unpaired) electrons. The van der Waals surface area contributed by atoms with Crippen LogP contribution in [0.25, 0.3) is 0 Å². The second kappa shape index (κ2) is 14.4. The molecule has 4 aromatic carbocycles. The second-order valence-corrected chi connectivity index (χ2v) is 17.1. The molecule has 0 amide bonds. The third kappa shape index (κ3) is 5.61.